The van der Waals surface area contributed by atoms with Crippen LogP contribution in [0, 0.1) is 5.41 Å². The molecular weight excluding hydrogens is 234 g/mol. The van der Waals surface area contributed by atoms with E-state index in [0.29, 0.717) is 0 Å². The van der Waals surface area contributed by atoms with E-state index in [0.717, 1.165) is 32.4 Å². The number of hydrogen-bond donors (Lipinski definition) is 0. The first kappa shape index (κ1) is 13.9. The number of likely N-dealkylation sites (tertiary alicyclic amines) is 1. The number of allylic oxidation sites excluding steroid dienone is 1. The third-order valence-corrected chi connectivity index (χ3v) is 4.11. The molecule has 1 aromatic rings. The topological polar surface area (TPSA) is 20.3 Å². The second kappa shape index (κ2) is 6.05. The van der Waals surface area contributed by atoms with Gasteiger partial charge in [-0.3, -0.25) is 4.79 Å². The molecule has 0 aliphatic carbocycles. The van der Waals surface area contributed by atoms with Crippen LogP contribution in [-0.4, -0.2) is 23.9 Å². The zero-order valence-corrected chi connectivity index (χ0v) is 11.8. The Bertz CT molecular complexity index is 440. The first-order chi connectivity index (χ1) is 9.15. The molecule has 1 aromatic carbocycles. The smallest absolute Gasteiger partial charge is 0.219 e. The maximum Gasteiger partial charge on any atom is 0.219 e. The molecule has 1 aliphatic heterocycles. The highest BCUT2D eigenvalue weighted by atomic mass is 16.2. The summed E-state index contributed by atoms with van der Waals surface area (Å²) in [6.45, 7) is 7.35. The average Bonchev–Trinajstić information content (AvgIpc) is 2.40. The highest BCUT2D eigenvalue weighted by Crippen LogP contribution is 2.37. The number of benzene rings is 1. The van der Waals surface area contributed by atoms with Gasteiger partial charge >= 0.3 is 0 Å². The molecule has 1 unspecified atom stereocenters. The molecule has 1 saturated heterocycles. The van der Waals surface area contributed by atoms with Gasteiger partial charge in [-0.25, -0.2) is 0 Å². The Hall–Kier alpha value is -1.57. The van der Waals surface area contributed by atoms with Gasteiger partial charge in [0, 0.05) is 20.0 Å². The summed E-state index contributed by atoms with van der Waals surface area (Å²) in [5.74, 6) is 0.196. The van der Waals surface area contributed by atoms with E-state index in [1.165, 1.54) is 12.0 Å². The van der Waals surface area contributed by atoms with Crippen LogP contribution in [0.4, 0.5) is 0 Å². The quantitative estimate of drug-likeness (QED) is 0.757. The lowest BCUT2D eigenvalue weighted by molar-refractivity contribution is -0.132. The Morgan fingerprint density at radius 2 is 2.16 bits per heavy atom. The van der Waals surface area contributed by atoms with Crippen molar-refractivity contribution >= 4 is 5.91 Å². The largest absolute Gasteiger partial charge is 0.342 e. The molecule has 1 fully saturated rings. The Morgan fingerprint density at radius 1 is 1.42 bits per heavy atom. The van der Waals surface area contributed by atoms with Crippen LogP contribution < -0.4 is 0 Å². The van der Waals surface area contributed by atoms with Gasteiger partial charge in [-0.15, -0.1) is 6.58 Å². The minimum absolute atomic E-state index is 0.174. The Kier molecular flexibility index (Phi) is 4.41. The van der Waals surface area contributed by atoms with E-state index in [9.17, 15) is 4.79 Å². The summed E-state index contributed by atoms with van der Waals surface area (Å²) in [5.41, 5.74) is 1.53. The van der Waals surface area contributed by atoms with Gasteiger partial charge in [-0.05, 0) is 36.7 Å². The van der Waals surface area contributed by atoms with E-state index in [-0.39, 0.29) is 11.3 Å². The van der Waals surface area contributed by atoms with Gasteiger partial charge in [-0.1, -0.05) is 36.4 Å². The first-order valence-electron chi connectivity index (χ1n) is 7.06. The van der Waals surface area contributed by atoms with Crippen molar-refractivity contribution in [2.45, 2.75) is 32.6 Å². The molecule has 1 amide bonds. The summed E-state index contributed by atoms with van der Waals surface area (Å²) in [6.07, 6.45) is 6.29. The maximum absolute atomic E-state index is 11.6. The molecule has 19 heavy (non-hydrogen) atoms. The number of amides is 1. The molecule has 102 valence electrons. The summed E-state index contributed by atoms with van der Waals surface area (Å²) >= 11 is 0. The lowest BCUT2D eigenvalue weighted by Crippen LogP contribution is -2.46. The predicted octanol–water partition coefficient (Wildman–Crippen LogP) is 3.43. The summed E-state index contributed by atoms with van der Waals surface area (Å²) in [7, 11) is 0. The second-order valence-corrected chi connectivity index (χ2v) is 5.70. The van der Waals surface area contributed by atoms with E-state index >= 15 is 0 Å². The van der Waals surface area contributed by atoms with Crippen molar-refractivity contribution in [1.29, 1.82) is 0 Å². The van der Waals surface area contributed by atoms with Crippen LogP contribution in [-0.2, 0) is 11.2 Å². The van der Waals surface area contributed by atoms with Gasteiger partial charge in [0.1, 0.15) is 0 Å². The predicted molar refractivity (Wildman–Crippen MR) is 78.9 cm³/mol. The van der Waals surface area contributed by atoms with Crippen molar-refractivity contribution in [2.24, 2.45) is 5.41 Å². The summed E-state index contributed by atoms with van der Waals surface area (Å²) in [4.78, 5) is 13.6. The van der Waals surface area contributed by atoms with Crippen molar-refractivity contribution < 1.29 is 4.79 Å². The van der Waals surface area contributed by atoms with Crippen molar-refractivity contribution in [2.75, 3.05) is 13.1 Å². The highest BCUT2D eigenvalue weighted by Gasteiger charge is 2.35. The Balaban J connectivity index is 2.17. The van der Waals surface area contributed by atoms with Crippen molar-refractivity contribution in [1.82, 2.24) is 4.90 Å². The third kappa shape index (κ3) is 3.46. The lowest BCUT2D eigenvalue weighted by Gasteiger charge is -2.42. The lowest BCUT2D eigenvalue weighted by atomic mass is 9.72. The van der Waals surface area contributed by atoms with E-state index in [1.54, 1.807) is 6.92 Å². The number of piperidine rings is 1. The molecule has 0 saturated carbocycles. The monoisotopic (exact) mass is 257 g/mol. The normalized spacial score (nSPS) is 23.1. The molecule has 2 nitrogen and oxygen atoms in total. The van der Waals surface area contributed by atoms with Gasteiger partial charge < -0.3 is 4.90 Å². The first-order valence-corrected chi connectivity index (χ1v) is 7.06. The molecule has 1 heterocycles. The number of hydrogen-bond acceptors (Lipinski definition) is 1. The zero-order valence-electron chi connectivity index (χ0n) is 11.8. The van der Waals surface area contributed by atoms with Crippen LogP contribution in [0.2, 0.25) is 0 Å². The summed E-state index contributed by atoms with van der Waals surface area (Å²) in [6, 6.07) is 10.6. The molecule has 0 bridgehead atoms. The standard InChI is InChI=1S/C17H23NO/c1-3-10-17(13-16-8-5-4-6-9-16)11-7-12-18(14-17)15(2)19/h3-6,8-9H,1,7,10-14H2,2H3. The number of rotatable bonds is 4. The van der Waals surface area contributed by atoms with Crippen LogP contribution >= 0.6 is 0 Å². The van der Waals surface area contributed by atoms with Crippen molar-refractivity contribution in [3.05, 3.63) is 48.6 Å². The van der Waals surface area contributed by atoms with Gasteiger partial charge in [0.05, 0.1) is 0 Å². The number of carbonyl (C=O) groups is 1. The zero-order chi connectivity index (χ0) is 13.7. The molecule has 0 aromatic heterocycles. The second-order valence-electron chi connectivity index (χ2n) is 5.70. The Labute approximate surface area is 116 Å². The van der Waals surface area contributed by atoms with E-state index < -0.39 is 0 Å². The van der Waals surface area contributed by atoms with Gasteiger partial charge in [0.2, 0.25) is 5.91 Å². The minimum atomic E-state index is 0.174. The van der Waals surface area contributed by atoms with Crippen molar-refractivity contribution in [3.8, 4) is 0 Å². The molecule has 2 rings (SSSR count). The molecule has 0 N–H and O–H groups in total. The fourth-order valence-corrected chi connectivity index (χ4v) is 3.19. The minimum Gasteiger partial charge on any atom is -0.342 e. The van der Waals surface area contributed by atoms with Crippen molar-refractivity contribution in [3.63, 3.8) is 0 Å². The molecule has 0 spiro atoms. The average molecular weight is 257 g/mol. The van der Waals surface area contributed by atoms with E-state index in [1.807, 2.05) is 17.0 Å². The molecular formula is C17H23NO. The number of carbonyl (C=O) groups excluding carboxylic acids is 1. The number of nitrogens with zero attached hydrogens (tertiary/aromatic N) is 1. The maximum atomic E-state index is 11.6. The fraction of sp³-hybridized carbons (Fsp3) is 0.471. The molecule has 2 heteroatoms. The fourth-order valence-electron chi connectivity index (χ4n) is 3.19. The van der Waals surface area contributed by atoms with E-state index in [4.69, 9.17) is 0 Å². The molecule has 0 radical (unpaired) electrons. The molecule has 1 atom stereocenters. The third-order valence-electron chi connectivity index (χ3n) is 4.11. The van der Waals surface area contributed by atoms with Crippen LogP contribution in [0.3, 0.4) is 0 Å². The van der Waals surface area contributed by atoms with E-state index in [2.05, 4.69) is 30.8 Å². The van der Waals surface area contributed by atoms with Crippen LogP contribution in [0.5, 0.6) is 0 Å². The summed E-state index contributed by atoms with van der Waals surface area (Å²) in [5, 5.41) is 0. The SMILES string of the molecule is C=CCC1(Cc2ccccc2)CCCN(C(C)=O)C1. The van der Waals surface area contributed by atoms with Gasteiger partial charge in [0.25, 0.3) is 0 Å². The summed E-state index contributed by atoms with van der Waals surface area (Å²) < 4.78 is 0. The van der Waals surface area contributed by atoms with Gasteiger partial charge in [0.15, 0.2) is 0 Å². The van der Waals surface area contributed by atoms with Crippen LogP contribution in [0.1, 0.15) is 31.7 Å². The molecule has 1 aliphatic rings. The van der Waals surface area contributed by atoms with Gasteiger partial charge in [-0.2, -0.15) is 0 Å². The highest BCUT2D eigenvalue weighted by molar-refractivity contribution is 5.73. The van der Waals surface area contributed by atoms with Crippen LogP contribution in [0.25, 0.3) is 0 Å². The van der Waals surface area contributed by atoms with Crippen LogP contribution in [0.15, 0.2) is 43.0 Å². The Morgan fingerprint density at radius 3 is 2.79 bits per heavy atom.